The maximum absolute atomic E-state index is 12.5. The molecule has 1 rings (SSSR count). The zero-order chi connectivity index (χ0) is 10.8. The van der Waals surface area contributed by atoms with E-state index in [1.54, 1.807) is 0 Å². The number of benzene rings is 1. The Kier molecular flexibility index (Phi) is 2.55. The number of phenols is 1. The molecule has 0 aliphatic heterocycles. The molecule has 0 aromatic heterocycles. The number of hydrogen-bond acceptors (Lipinski definition) is 3. The van der Waals surface area contributed by atoms with E-state index >= 15 is 0 Å². The highest BCUT2D eigenvalue weighted by Gasteiger charge is 2.42. The number of hydrogen-bond donors (Lipinski definition) is 2. The van der Waals surface area contributed by atoms with Crippen LogP contribution in [0.15, 0.2) is 24.3 Å². The van der Waals surface area contributed by atoms with Crippen molar-refractivity contribution in [1.29, 1.82) is 0 Å². The van der Waals surface area contributed by atoms with Gasteiger partial charge in [0.25, 0.3) is 0 Å². The molecule has 1 aromatic rings. The smallest absolute Gasteiger partial charge is 0.502 e. The molecule has 6 heteroatoms. The van der Waals surface area contributed by atoms with E-state index in [0.717, 1.165) is 12.1 Å². The molecule has 76 valence electrons. The highest BCUT2D eigenvalue weighted by molar-refractivity contribution is 5.74. The largest absolute Gasteiger partial charge is 0.504 e. The number of carboxylic acids is 1. The maximum Gasteiger partial charge on any atom is 0.502 e. The van der Waals surface area contributed by atoms with Crippen LogP contribution < -0.4 is 4.74 Å². The topological polar surface area (TPSA) is 66.8 Å². The number of aromatic hydroxyl groups is 1. The molecule has 4 nitrogen and oxygen atoms in total. The lowest BCUT2D eigenvalue weighted by Crippen LogP contribution is -2.34. The SMILES string of the molecule is O=C(O)C(F)(F)Oc1ccccc1O. The minimum Gasteiger partial charge on any atom is -0.504 e. The van der Waals surface area contributed by atoms with Crippen molar-refractivity contribution in [1.82, 2.24) is 0 Å². The lowest BCUT2D eigenvalue weighted by molar-refractivity contribution is -0.211. The van der Waals surface area contributed by atoms with Gasteiger partial charge < -0.3 is 14.9 Å². The fourth-order valence-electron chi connectivity index (χ4n) is 0.725. The van der Waals surface area contributed by atoms with E-state index in [9.17, 15) is 13.6 Å². The third kappa shape index (κ3) is 2.09. The molecule has 0 unspecified atom stereocenters. The van der Waals surface area contributed by atoms with Crippen molar-refractivity contribution in [3.8, 4) is 11.5 Å². The molecule has 0 aliphatic rings. The first-order valence-electron chi connectivity index (χ1n) is 3.51. The summed E-state index contributed by atoms with van der Waals surface area (Å²) in [5.41, 5.74) is 0. The molecular formula is C8H6F2O4. The van der Waals surface area contributed by atoms with Gasteiger partial charge in [-0.15, -0.1) is 0 Å². The second-order valence-corrected chi connectivity index (χ2v) is 2.39. The molecule has 0 fully saturated rings. The number of rotatable bonds is 3. The van der Waals surface area contributed by atoms with Gasteiger partial charge in [-0.3, -0.25) is 0 Å². The van der Waals surface area contributed by atoms with Crippen LogP contribution in [0, 0.1) is 0 Å². The van der Waals surface area contributed by atoms with E-state index in [1.807, 2.05) is 0 Å². The summed E-state index contributed by atoms with van der Waals surface area (Å²) in [7, 11) is 0. The lowest BCUT2D eigenvalue weighted by Gasteiger charge is -2.13. The van der Waals surface area contributed by atoms with Crippen molar-refractivity contribution < 1.29 is 28.5 Å². The summed E-state index contributed by atoms with van der Waals surface area (Å²) < 4.78 is 28.8. The van der Waals surface area contributed by atoms with Gasteiger partial charge in [-0.2, -0.15) is 8.78 Å². The van der Waals surface area contributed by atoms with Gasteiger partial charge >= 0.3 is 12.1 Å². The average Bonchev–Trinajstić information content (AvgIpc) is 2.08. The molecule has 14 heavy (non-hydrogen) atoms. The number of phenolic OH excluding ortho intramolecular Hbond substituents is 1. The molecule has 0 aliphatic carbocycles. The molecule has 0 heterocycles. The fraction of sp³-hybridized carbons (Fsp3) is 0.125. The van der Waals surface area contributed by atoms with Crippen LogP contribution in [0.1, 0.15) is 0 Å². The van der Waals surface area contributed by atoms with Crippen LogP contribution in [0.5, 0.6) is 11.5 Å². The van der Waals surface area contributed by atoms with Crippen molar-refractivity contribution in [2.24, 2.45) is 0 Å². The standard InChI is InChI=1S/C8H6F2O4/c9-8(10,7(12)13)14-6-4-2-1-3-5(6)11/h1-4,11H,(H,12,13). The summed E-state index contributed by atoms with van der Waals surface area (Å²) in [6, 6.07) is 4.85. The van der Waals surface area contributed by atoms with Crippen molar-refractivity contribution >= 4 is 5.97 Å². The van der Waals surface area contributed by atoms with Crippen LogP contribution in [0.2, 0.25) is 0 Å². The number of halogens is 2. The van der Waals surface area contributed by atoms with E-state index in [-0.39, 0.29) is 0 Å². The van der Waals surface area contributed by atoms with Crippen LogP contribution in [0.4, 0.5) is 8.78 Å². The van der Waals surface area contributed by atoms with Crippen LogP contribution in [-0.4, -0.2) is 22.3 Å². The van der Waals surface area contributed by atoms with Crippen LogP contribution in [0.25, 0.3) is 0 Å². The Hall–Kier alpha value is -1.85. The predicted octanol–water partition coefficient (Wildman–Crippen LogP) is 1.45. The van der Waals surface area contributed by atoms with Gasteiger partial charge in [0.05, 0.1) is 0 Å². The van der Waals surface area contributed by atoms with Gasteiger partial charge in [-0.1, -0.05) is 12.1 Å². The molecule has 0 bridgehead atoms. The van der Waals surface area contributed by atoms with E-state index in [2.05, 4.69) is 4.74 Å². The monoisotopic (exact) mass is 204 g/mol. The van der Waals surface area contributed by atoms with Gasteiger partial charge in [0.1, 0.15) is 0 Å². The quantitative estimate of drug-likeness (QED) is 0.781. The summed E-state index contributed by atoms with van der Waals surface area (Å²) in [6.07, 6.45) is -4.35. The van der Waals surface area contributed by atoms with Crippen LogP contribution >= 0.6 is 0 Å². The average molecular weight is 204 g/mol. The van der Waals surface area contributed by atoms with Crippen molar-refractivity contribution in [2.45, 2.75) is 6.11 Å². The normalized spacial score (nSPS) is 11.0. The fourth-order valence-corrected chi connectivity index (χ4v) is 0.725. The molecule has 0 saturated carbocycles. The van der Waals surface area contributed by atoms with Gasteiger partial charge in [-0.05, 0) is 12.1 Å². The molecule has 0 atom stereocenters. The number of carbonyl (C=O) groups is 1. The molecule has 0 saturated heterocycles. The lowest BCUT2D eigenvalue weighted by atomic mass is 10.3. The first-order valence-corrected chi connectivity index (χ1v) is 3.51. The summed E-state index contributed by atoms with van der Waals surface area (Å²) in [5, 5.41) is 17.0. The summed E-state index contributed by atoms with van der Waals surface area (Å²) in [5.74, 6) is -3.55. The minimum absolute atomic E-state index is 0.548. The number of para-hydroxylation sites is 2. The Balaban J connectivity index is 2.89. The Labute approximate surface area is 77.4 Å². The number of alkyl halides is 2. The van der Waals surface area contributed by atoms with Gasteiger partial charge in [-0.25, -0.2) is 4.79 Å². The van der Waals surface area contributed by atoms with Crippen LogP contribution in [0.3, 0.4) is 0 Å². The second kappa shape index (κ2) is 3.49. The number of carboxylic acid groups (broad SMARTS) is 1. The summed E-state index contributed by atoms with van der Waals surface area (Å²) in [6.45, 7) is 0. The predicted molar refractivity (Wildman–Crippen MR) is 41.3 cm³/mol. The molecule has 0 radical (unpaired) electrons. The summed E-state index contributed by atoms with van der Waals surface area (Å²) in [4.78, 5) is 9.98. The van der Waals surface area contributed by atoms with Crippen molar-refractivity contribution in [3.05, 3.63) is 24.3 Å². The van der Waals surface area contributed by atoms with Gasteiger partial charge in [0.15, 0.2) is 11.5 Å². The Morgan fingerprint density at radius 2 is 1.93 bits per heavy atom. The zero-order valence-electron chi connectivity index (χ0n) is 6.78. The first kappa shape index (κ1) is 10.2. The first-order chi connectivity index (χ1) is 6.43. The van der Waals surface area contributed by atoms with E-state index in [0.29, 0.717) is 0 Å². The second-order valence-electron chi connectivity index (χ2n) is 2.39. The molecular weight excluding hydrogens is 198 g/mol. The minimum atomic E-state index is -4.35. The van der Waals surface area contributed by atoms with Crippen LogP contribution in [-0.2, 0) is 4.79 Å². The number of ether oxygens (including phenoxy) is 1. The Bertz CT molecular complexity index is 351. The Morgan fingerprint density at radius 1 is 1.36 bits per heavy atom. The maximum atomic E-state index is 12.5. The summed E-state index contributed by atoms with van der Waals surface area (Å²) >= 11 is 0. The number of aliphatic carboxylic acids is 1. The molecule has 0 spiro atoms. The highest BCUT2D eigenvalue weighted by atomic mass is 19.3. The van der Waals surface area contributed by atoms with E-state index in [1.165, 1.54) is 12.1 Å². The Morgan fingerprint density at radius 3 is 2.43 bits per heavy atom. The van der Waals surface area contributed by atoms with Gasteiger partial charge in [0, 0.05) is 0 Å². The van der Waals surface area contributed by atoms with E-state index < -0.39 is 23.6 Å². The molecule has 0 amide bonds. The van der Waals surface area contributed by atoms with Crippen molar-refractivity contribution in [2.75, 3.05) is 0 Å². The van der Waals surface area contributed by atoms with Gasteiger partial charge in [0.2, 0.25) is 0 Å². The third-order valence-corrected chi connectivity index (χ3v) is 1.35. The zero-order valence-corrected chi connectivity index (χ0v) is 6.78. The van der Waals surface area contributed by atoms with E-state index in [4.69, 9.17) is 10.2 Å². The molecule has 1 aromatic carbocycles. The van der Waals surface area contributed by atoms with Crippen molar-refractivity contribution in [3.63, 3.8) is 0 Å². The third-order valence-electron chi connectivity index (χ3n) is 1.35. The molecule has 2 N–H and O–H groups in total. The highest BCUT2D eigenvalue weighted by Crippen LogP contribution is 2.29.